The molecule has 2 fully saturated rings. The second-order valence-electron chi connectivity index (χ2n) is 6.07. The molecule has 2 aliphatic heterocycles. The van der Waals surface area contributed by atoms with Gasteiger partial charge in [-0.2, -0.15) is 0 Å². The van der Waals surface area contributed by atoms with Crippen LogP contribution in [-0.2, 0) is 4.79 Å². The molecule has 6 heteroatoms. The first kappa shape index (κ1) is 13.7. The second kappa shape index (κ2) is 4.42. The number of likely N-dealkylation sites (tertiary alicyclic amines) is 1. The zero-order valence-electron chi connectivity index (χ0n) is 10.7. The minimum absolute atomic E-state index is 0.121. The van der Waals surface area contributed by atoms with Crippen molar-refractivity contribution in [3.63, 3.8) is 0 Å². The van der Waals surface area contributed by atoms with Gasteiger partial charge in [0.1, 0.15) is 0 Å². The Morgan fingerprint density at radius 3 is 2.83 bits per heavy atom. The average Bonchev–Trinajstić information content (AvgIpc) is 2.54. The highest BCUT2D eigenvalue weighted by Crippen LogP contribution is 2.37. The van der Waals surface area contributed by atoms with Crippen molar-refractivity contribution in [2.24, 2.45) is 11.3 Å². The molecule has 0 aromatic carbocycles. The molecule has 2 heterocycles. The molecule has 0 unspecified atom stereocenters. The number of piperidine rings is 1. The summed E-state index contributed by atoms with van der Waals surface area (Å²) in [5.41, 5.74) is -0.895. The van der Waals surface area contributed by atoms with E-state index in [9.17, 15) is 13.6 Å². The number of hydrogen-bond acceptors (Lipinski definition) is 3. The van der Waals surface area contributed by atoms with Gasteiger partial charge in [0.05, 0.1) is 17.9 Å². The van der Waals surface area contributed by atoms with Crippen LogP contribution in [0, 0.1) is 11.3 Å². The van der Waals surface area contributed by atoms with Crippen LogP contribution < -0.4 is 5.32 Å². The fourth-order valence-corrected chi connectivity index (χ4v) is 2.86. The van der Waals surface area contributed by atoms with Crippen LogP contribution in [0.1, 0.15) is 20.3 Å². The number of aliphatic carboxylic acids is 1. The standard InChI is InChI=1S/C12H20F2N2O2/c1-11(2,10(17)18)7-16-4-3-9-8(5-16)12(13,14)6-15-9/h8-9,15H,3-7H2,1-2H3,(H,17,18)/t8-,9+/m0/s1. The molecule has 0 aromatic rings. The number of hydrogen-bond donors (Lipinski definition) is 2. The molecule has 104 valence electrons. The van der Waals surface area contributed by atoms with Crippen molar-refractivity contribution in [3.8, 4) is 0 Å². The maximum Gasteiger partial charge on any atom is 0.310 e. The fraction of sp³-hybridized carbons (Fsp3) is 0.917. The van der Waals surface area contributed by atoms with Crippen molar-refractivity contribution >= 4 is 5.97 Å². The second-order valence-corrected chi connectivity index (χ2v) is 6.07. The third-order valence-corrected chi connectivity index (χ3v) is 4.04. The van der Waals surface area contributed by atoms with Crippen molar-refractivity contribution in [3.05, 3.63) is 0 Å². The fourth-order valence-electron chi connectivity index (χ4n) is 2.86. The van der Waals surface area contributed by atoms with E-state index in [1.54, 1.807) is 13.8 Å². The monoisotopic (exact) mass is 262 g/mol. The minimum atomic E-state index is -2.67. The molecule has 4 nitrogen and oxygen atoms in total. The molecule has 0 saturated carbocycles. The Morgan fingerprint density at radius 1 is 1.56 bits per heavy atom. The number of nitrogens with zero attached hydrogens (tertiary/aromatic N) is 1. The van der Waals surface area contributed by atoms with Gasteiger partial charge in [0.25, 0.3) is 5.92 Å². The molecule has 0 spiro atoms. The van der Waals surface area contributed by atoms with Gasteiger partial charge in [0.15, 0.2) is 0 Å². The van der Waals surface area contributed by atoms with Gasteiger partial charge in [-0.25, -0.2) is 8.78 Å². The van der Waals surface area contributed by atoms with Crippen LogP contribution >= 0.6 is 0 Å². The van der Waals surface area contributed by atoms with E-state index in [2.05, 4.69) is 5.32 Å². The number of halogens is 2. The molecule has 0 amide bonds. The Hall–Kier alpha value is -0.750. The van der Waals surface area contributed by atoms with E-state index in [0.717, 1.165) is 0 Å². The molecule has 2 atom stereocenters. The van der Waals surface area contributed by atoms with Crippen LogP contribution in [0.15, 0.2) is 0 Å². The molecule has 0 radical (unpaired) electrons. The third-order valence-electron chi connectivity index (χ3n) is 4.04. The average molecular weight is 262 g/mol. The molecule has 0 bridgehead atoms. The molecule has 2 N–H and O–H groups in total. The lowest BCUT2D eigenvalue weighted by molar-refractivity contribution is -0.148. The number of carboxylic acid groups (broad SMARTS) is 1. The lowest BCUT2D eigenvalue weighted by atomic mass is 9.87. The zero-order chi connectivity index (χ0) is 13.6. The predicted octanol–water partition coefficient (Wildman–Crippen LogP) is 1.03. The lowest BCUT2D eigenvalue weighted by Crippen LogP contribution is -2.51. The third kappa shape index (κ3) is 2.49. The van der Waals surface area contributed by atoms with Crippen molar-refractivity contribution in [1.82, 2.24) is 10.2 Å². The van der Waals surface area contributed by atoms with Crippen molar-refractivity contribution in [2.45, 2.75) is 32.2 Å². The number of fused-ring (bicyclic) bond motifs is 1. The Kier molecular flexibility index (Phi) is 3.36. The summed E-state index contributed by atoms with van der Waals surface area (Å²) in [5, 5.41) is 11.9. The molecular formula is C12H20F2N2O2. The van der Waals surface area contributed by atoms with Gasteiger partial charge >= 0.3 is 5.97 Å². The van der Waals surface area contributed by atoms with E-state index in [4.69, 9.17) is 5.11 Å². The Morgan fingerprint density at radius 2 is 2.22 bits per heavy atom. The first-order valence-corrected chi connectivity index (χ1v) is 6.29. The number of carbonyl (C=O) groups is 1. The van der Waals surface area contributed by atoms with E-state index in [0.29, 0.717) is 19.5 Å². The lowest BCUT2D eigenvalue weighted by Gasteiger charge is -2.39. The summed E-state index contributed by atoms with van der Waals surface area (Å²) in [6.07, 6.45) is 0.663. The SMILES string of the molecule is CC(C)(CN1CC[C@H]2NCC(F)(F)[C@H]2C1)C(=O)O. The molecule has 18 heavy (non-hydrogen) atoms. The molecule has 2 aliphatic rings. The quantitative estimate of drug-likeness (QED) is 0.797. The Labute approximate surface area is 105 Å². The van der Waals surface area contributed by atoms with Crippen molar-refractivity contribution in [2.75, 3.05) is 26.2 Å². The van der Waals surface area contributed by atoms with Crippen LogP contribution in [0.25, 0.3) is 0 Å². The Balaban J connectivity index is 2.00. The number of nitrogens with one attached hydrogen (secondary N) is 1. The highest BCUT2D eigenvalue weighted by atomic mass is 19.3. The summed E-state index contributed by atoms with van der Waals surface area (Å²) >= 11 is 0. The highest BCUT2D eigenvalue weighted by Gasteiger charge is 2.52. The summed E-state index contributed by atoms with van der Waals surface area (Å²) in [5.74, 6) is -4.24. The van der Waals surface area contributed by atoms with Gasteiger partial charge < -0.3 is 15.3 Å². The first-order valence-electron chi connectivity index (χ1n) is 6.29. The summed E-state index contributed by atoms with van der Waals surface area (Å²) in [7, 11) is 0. The van der Waals surface area contributed by atoms with Gasteiger partial charge in [-0.05, 0) is 26.8 Å². The van der Waals surface area contributed by atoms with Crippen LogP contribution in [-0.4, -0.2) is 54.1 Å². The number of rotatable bonds is 3. The molecule has 2 rings (SSSR count). The van der Waals surface area contributed by atoms with E-state index in [1.165, 1.54) is 0 Å². The van der Waals surface area contributed by atoms with Gasteiger partial charge in [-0.1, -0.05) is 0 Å². The van der Waals surface area contributed by atoms with Gasteiger partial charge in [-0.3, -0.25) is 4.79 Å². The largest absolute Gasteiger partial charge is 0.481 e. The summed E-state index contributed by atoms with van der Waals surface area (Å²) in [6, 6.07) is -0.121. The Bertz CT molecular complexity index is 347. The summed E-state index contributed by atoms with van der Waals surface area (Å²) < 4.78 is 27.3. The maximum atomic E-state index is 13.6. The van der Waals surface area contributed by atoms with Crippen LogP contribution in [0.3, 0.4) is 0 Å². The van der Waals surface area contributed by atoms with Gasteiger partial charge in [0.2, 0.25) is 0 Å². The minimum Gasteiger partial charge on any atom is -0.481 e. The summed E-state index contributed by atoms with van der Waals surface area (Å²) in [6.45, 7) is 4.29. The predicted molar refractivity (Wildman–Crippen MR) is 62.7 cm³/mol. The van der Waals surface area contributed by atoms with E-state index < -0.39 is 23.2 Å². The van der Waals surface area contributed by atoms with E-state index >= 15 is 0 Å². The number of alkyl halides is 2. The normalized spacial score (nSPS) is 32.2. The van der Waals surface area contributed by atoms with E-state index in [1.807, 2.05) is 4.90 Å². The van der Waals surface area contributed by atoms with Gasteiger partial charge in [0, 0.05) is 19.1 Å². The number of carboxylic acids is 1. The molecule has 0 aliphatic carbocycles. The van der Waals surface area contributed by atoms with Gasteiger partial charge in [-0.15, -0.1) is 0 Å². The highest BCUT2D eigenvalue weighted by molar-refractivity contribution is 5.73. The topological polar surface area (TPSA) is 52.6 Å². The van der Waals surface area contributed by atoms with Crippen LogP contribution in [0.5, 0.6) is 0 Å². The summed E-state index contributed by atoms with van der Waals surface area (Å²) in [4.78, 5) is 12.9. The zero-order valence-corrected chi connectivity index (χ0v) is 10.7. The van der Waals surface area contributed by atoms with Crippen LogP contribution in [0.2, 0.25) is 0 Å². The first-order chi connectivity index (χ1) is 8.22. The maximum absolute atomic E-state index is 13.6. The van der Waals surface area contributed by atoms with Crippen LogP contribution in [0.4, 0.5) is 8.78 Å². The smallest absolute Gasteiger partial charge is 0.310 e. The molecular weight excluding hydrogens is 242 g/mol. The van der Waals surface area contributed by atoms with E-state index in [-0.39, 0.29) is 19.1 Å². The molecule has 2 saturated heterocycles. The van der Waals surface area contributed by atoms with Crippen molar-refractivity contribution < 1.29 is 18.7 Å². The molecule has 0 aromatic heterocycles. The van der Waals surface area contributed by atoms with Crippen molar-refractivity contribution in [1.29, 1.82) is 0 Å².